The van der Waals surface area contributed by atoms with Gasteiger partial charge in [0.1, 0.15) is 5.75 Å². The van der Waals surface area contributed by atoms with Crippen molar-refractivity contribution in [2.24, 2.45) is 0 Å². The smallest absolute Gasteiger partial charge is 0.341 e. The highest BCUT2D eigenvalue weighted by molar-refractivity contribution is 6.10. The van der Waals surface area contributed by atoms with E-state index in [1.807, 2.05) is 18.2 Å². The number of aliphatic carboxylic acids is 1. The first-order chi connectivity index (χ1) is 13.0. The van der Waals surface area contributed by atoms with E-state index in [4.69, 9.17) is 9.84 Å². The predicted molar refractivity (Wildman–Crippen MR) is 93.2 cm³/mol. The Morgan fingerprint density at radius 1 is 1.19 bits per heavy atom. The molecule has 0 saturated heterocycles. The lowest BCUT2D eigenvalue weighted by Gasteiger charge is -2.08. The highest BCUT2D eigenvalue weighted by atomic mass is 16.6. The van der Waals surface area contributed by atoms with Crippen LogP contribution in [0.25, 0.3) is 5.69 Å². The van der Waals surface area contributed by atoms with Crippen LogP contribution in [0, 0.1) is 10.1 Å². The maximum atomic E-state index is 12.8. The standard InChI is InChI=1S/C18H13N3O6/c22-17(23)11-27-16-7-6-14(21(25)26)8-15(16)18(24)12-9-19-20(10-12)13-4-2-1-3-5-13/h1-10H,11H2,(H,22,23). The van der Waals surface area contributed by atoms with Crippen LogP contribution in [-0.4, -0.2) is 38.2 Å². The zero-order chi connectivity index (χ0) is 19.4. The molecule has 0 radical (unpaired) electrons. The lowest BCUT2D eigenvalue weighted by atomic mass is 10.0. The van der Waals surface area contributed by atoms with Gasteiger partial charge in [-0.15, -0.1) is 0 Å². The number of ketones is 1. The van der Waals surface area contributed by atoms with Crippen LogP contribution in [0.1, 0.15) is 15.9 Å². The highest BCUT2D eigenvalue weighted by Gasteiger charge is 2.21. The Balaban J connectivity index is 1.97. The summed E-state index contributed by atoms with van der Waals surface area (Å²) in [5, 5.41) is 23.9. The fraction of sp³-hybridized carbons (Fsp3) is 0.0556. The average molecular weight is 367 g/mol. The minimum atomic E-state index is -1.23. The van der Waals surface area contributed by atoms with E-state index in [9.17, 15) is 19.7 Å². The van der Waals surface area contributed by atoms with Gasteiger partial charge in [0.15, 0.2) is 12.4 Å². The van der Waals surface area contributed by atoms with Gasteiger partial charge < -0.3 is 9.84 Å². The summed E-state index contributed by atoms with van der Waals surface area (Å²) in [5.74, 6) is -1.86. The Morgan fingerprint density at radius 3 is 2.59 bits per heavy atom. The van der Waals surface area contributed by atoms with Crippen LogP contribution in [-0.2, 0) is 4.79 Å². The number of aromatic nitrogens is 2. The second-order valence-electron chi connectivity index (χ2n) is 5.46. The minimum Gasteiger partial charge on any atom is -0.481 e. The summed E-state index contributed by atoms with van der Waals surface area (Å²) >= 11 is 0. The molecule has 0 aliphatic heterocycles. The number of ether oxygens (including phenoxy) is 1. The largest absolute Gasteiger partial charge is 0.481 e. The zero-order valence-electron chi connectivity index (χ0n) is 13.8. The van der Waals surface area contributed by atoms with Gasteiger partial charge in [-0.2, -0.15) is 5.10 Å². The lowest BCUT2D eigenvalue weighted by molar-refractivity contribution is -0.384. The third-order valence-corrected chi connectivity index (χ3v) is 3.64. The molecule has 1 N–H and O–H groups in total. The van der Waals surface area contributed by atoms with Gasteiger partial charge in [-0.25, -0.2) is 9.48 Å². The molecule has 2 aromatic carbocycles. The molecule has 3 rings (SSSR count). The third-order valence-electron chi connectivity index (χ3n) is 3.64. The molecule has 0 unspecified atom stereocenters. The van der Waals surface area contributed by atoms with E-state index in [0.717, 1.165) is 17.8 Å². The number of non-ortho nitro benzene ring substituents is 1. The monoisotopic (exact) mass is 367 g/mol. The van der Waals surface area contributed by atoms with Crippen LogP contribution in [0.5, 0.6) is 5.75 Å². The van der Waals surface area contributed by atoms with Crippen LogP contribution in [0.2, 0.25) is 0 Å². The molecule has 9 nitrogen and oxygen atoms in total. The van der Waals surface area contributed by atoms with Gasteiger partial charge >= 0.3 is 5.97 Å². The number of benzene rings is 2. The summed E-state index contributed by atoms with van der Waals surface area (Å²) in [4.78, 5) is 33.9. The van der Waals surface area contributed by atoms with Gasteiger partial charge in [-0.1, -0.05) is 18.2 Å². The number of nitro groups is 1. The maximum absolute atomic E-state index is 12.8. The van der Waals surface area contributed by atoms with Crippen molar-refractivity contribution in [2.45, 2.75) is 0 Å². The number of carboxylic acid groups (broad SMARTS) is 1. The first-order valence-electron chi connectivity index (χ1n) is 7.73. The fourth-order valence-electron chi connectivity index (χ4n) is 2.39. The molecule has 27 heavy (non-hydrogen) atoms. The molecule has 1 heterocycles. The highest BCUT2D eigenvalue weighted by Crippen LogP contribution is 2.27. The van der Waals surface area contributed by atoms with Gasteiger partial charge in [-0.05, 0) is 18.2 Å². The van der Waals surface area contributed by atoms with Crippen LogP contribution >= 0.6 is 0 Å². The maximum Gasteiger partial charge on any atom is 0.341 e. The second kappa shape index (κ2) is 7.48. The van der Waals surface area contributed by atoms with E-state index in [0.29, 0.717) is 0 Å². The predicted octanol–water partition coefficient (Wildman–Crippen LogP) is 2.47. The van der Waals surface area contributed by atoms with E-state index in [1.54, 1.807) is 12.1 Å². The molecule has 0 atom stereocenters. The Hall–Kier alpha value is -4.01. The molecule has 0 amide bonds. The van der Waals surface area contributed by atoms with E-state index in [1.165, 1.54) is 23.1 Å². The number of rotatable bonds is 7. The number of para-hydroxylation sites is 1. The summed E-state index contributed by atoms with van der Waals surface area (Å²) in [6.45, 7) is -0.679. The topological polar surface area (TPSA) is 125 Å². The molecule has 3 aromatic rings. The Labute approximate surface area is 152 Å². The number of carbonyl (C=O) groups is 2. The molecule has 0 fully saturated rings. The SMILES string of the molecule is O=C(O)COc1ccc([N+](=O)[O-])cc1C(=O)c1cnn(-c2ccccc2)c1. The number of hydrogen-bond acceptors (Lipinski definition) is 6. The van der Waals surface area contributed by atoms with E-state index in [-0.39, 0.29) is 22.6 Å². The normalized spacial score (nSPS) is 10.4. The van der Waals surface area contributed by atoms with Crippen molar-refractivity contribution in [1.29, 1.82) is 0 Å². The number of nitrogens with zero attached hydrogens (tertiary/aromatic N) is 3. The molecule has 0 spiro atoms. The zero-order valence-corrected chi connectivity index (χ0v) is 13.8. The van der Waals surface area contributed by atoms with Crippen molar-refractivity contribution in [1.82, 2.24) is 9.78 Å². The third kappa shape index (κ3) is 3.98. The lowest BCUT2D eigenvalue weighted by Crippen LogP contribution is -2.12. The Kier molecular flexibility index (Phi) is 4.93. The molecule has 1 aromatic heterocycles. The summed E-state index contributed by atoms with van der Waals surface area (Å²) in [7, 11) is 0. The summed E-state index contributed by atoms with van der Waals surface area (Å²) in [5.41, 5.74) is 0.493. The number of nitro benzene ring substituents is 1. The van der Waals surface area contributed by atoms with Crippen LogP contribution in [0.15, 0.2) is 60.9 Å². The van der Waals surface area contributed by atoms with Gasteiger partial charge in [0.05, 0.1) is 27.9 Å². The van der Waals surface area contributed by atoms with Gasteiger partial charge in [0, 0.05) is 18.3 Å². The van der Waals surface area contributed by atoms with E-state index >= 15 is 0 Å². The number of carbonyl (C=O) groups excluding carboxylic acids is 1. The number of carboxylic acids is 1. The van der Waals surface area contributed by atoms with Crippen molar-refractivity contribution in [3.63, 3.8) is 0 Å². The van der Waals surface area contributed by atoms with Crippen LogP contribution < -0.4 is 4.74 Å². The fourth-order valence-corrected chi connectivity index (χ4v) is 2.39. The molecule has 0 saturated carbocycles. The molecule has 136 valence electrons. The molecular formula is C18H13N3O6. The van der Waals surface area contributed by atoms with E-state index < -0.39 is 23.3 Å². The van der Waals surface area contributed by atoms with Gasteiger partial charge in [-0.3, -0.25) is 14.9 Å². The quantitative estimate of drug-likeness (QED) is 0.386. The van der Waals surface area contributed by atoms with Gasteiger partial charge in [0.25, 0.3) is 5.69 Å². The summed E-state index contributed by atoms with van der Waals surface area (Å²) in [6.07, 6.45) is 2.81. The second-order valence-corrected chi connectivity index (χ2v) is 5.46. The molecule has 0 aliphatic carbocycles. The Morgan fingerprint density at radius 2 is 1.93 bits per heavy atom. The first kappa shape index (κ1) is 17.8. The van der Waals surface area contributed by atoms with Crippen LogP contribution in [0.4, 0.5) is 5.69 Å². The average Bonchev–Trinajstić information content (AvgIpc) is 3.16. The molecule has 0 bridgehead atoms. The van der Waals surface area contributed by atoms with Crippen molar-refractivity contribution in [3.05, 3.63) is 82.2 Å². The summed E-state index contributed by atoms with van der Waals surface area (Å²) in [6, 6.07) is 12.5. The van der Waals surface area contributed by atoms with E-state index in [2.05, 4.69) is 5.10 Å². The van der Waals surface area contributed by atoms with Crippen molar-refractivity contribution in [3.8, 4) is 11.4 Å². The molecule has 0 aliphatic rings. The Bertz CT molecular complexity index is 1010. The number of hydrogen-bond donors (Lipinski definition) is 1. The summed E-state index contributed by atoms with van der Waals surface area (Å²) < 4.78 is 6.59. The van der Waals surface area contributed by atoms with Crippen molar-refractivity contribution in [2.75, 3.05) is 6.61 Å². The van der Waals surface area contributed by atoms with Gasteiger partial charge in [0.2, 0.25) is 0 Å². The van der Waals surface area contributed by atoms with Crippen molar-refractivity contribution < 1.29 is 24.4 Å². The van der Waals surface area contributed by atoms with Crippen LogP contribution in [0.3, 0.4) is 0 Å². The molecule has 9 heteroatoms. The molecular weight excluding hydrogens is 354 g/mol. The first-order valence-corrected chi connectivity index (χ1v) is 7.73. The minimum absolute atomic E-state index is 0.0551. The van der Waals surface area contributed by atoms with Crippen molar-refractivity contribution >= 4 is 17.4 Å².